The fraction of sp³-hybridized carbons (Fsp3) is 0.182. The second kappa shape index (κ2) is 7.87. The molecule has 5 nitrogen and oxygen atoms in total. The lowest BCUT2D eigenvalue weighted by Gasteiger charge is -2.12. The predicted molar refractivity (Wildman–Crippen MR) is 105 cm³/mol. The molecule has 2 aromatic carbocycles. The molecule has 29 heavy (non-hydrogen) atoms. The van der Waals surface area contributed by atoms with Gasteiger partial charge in [-0.05, 0) is 49.2 Å². The largest absolute Gasteiger partial charge is 0.494 e. The third-order valence-electron chi connectivity index (χ3n) is 4.87. The van der Waals surface area contributed by atoms with Crippen LogP contribution in [0.25, 0.3) is 10.9 Å². The summed E-state index contributed by atoms with van der Waals surface area (Å²) >= 11 is 0. The van der Waals surface area contributed by atoms with Crippen LogP contribution in [0.3, 0.4) is 0 Å². The van der Waals surface area contributed by atoms with Gasteiger partial charge >= 0.3 is 5.97 Å². The molecule has 3 rings (SSSR count). The second-order valence-corrected chi connectivity index (χ2v) is 6.57. The smallest absolute Gasteiger partial charge is 0.311 e. The van der Waals surface area contributed by atoms with Gasteiger partial charge in [-0.1, -0.05) is 6.08 Å². The Balaban J connectivity index is 2.35. The first-order valence-electron chi connectivity index (χ1n) is 8.82. The molecule has 1 aromatic heterocycles. The molecule has 1 heterocycles. The first-order chi connectivity index (χ1) is 13.8. The maximum atomic E-state index is 14.4. The number of rotatable bonds is 6. The minimum Gasteiger partial charge on any atom is -0.494 e. The van der Waals surface area contributed by atoms with Gasteiger partial charge in [-0.15, -0.1) is 6.58 Å². The highest BCUT2D eigenvalue weighted by molar-refractivity contribution is 6.05. The summed E-state index contributed by atoms with van der Waals surface area (Å²) in [7, 11) is 1.30. The van der Waals surface area contributed by atoms with Crippen LogP contribution in [-0.4, -0.2) is 28.7 Å². The number of hydrogen-bond acceptors (Lipinski definition) is 3. The Labute approximate surface area is 165 Å². The lowest BCUT2D eigenvalue weighted by molar-refractivity contribution is -0.138. The number of carbonyl (C=O) groups excluding carboxylic acids is 1. The van der Waals surface area contributed by atoms with E-state index in [1.54, 1.807) is 6.92 Å². The molecule has 1 N–H and O–H groups in total. The number of aliphatic carboxylic acids is 1. The predicted octanol–water partition coefficient (Wildman–Crippen LogP) is 4.67. The summed E-state index contributed by atoms with van der Waals surface area (Å²) in [6.45, 7) is 5.20. The number of carboxylic acid groups (broad SMARTS) is 1. The van der Waals surface area contributed by atoms with Gasteiger partial charge in [0.2, 0.25) is 0 Å². The van der Waals surface area contributed by atoms with Gasteiger partial charge < -0.3 is 9.84 Å². The second-order valence-electron chi connectivity index (χ2n) is 6.57. The minimum absolute atomic E-state index is 0.0622. The summed E-state index contributed by atoms with van der Waals surface area (Å²) < 4.78 is 34.0. The van der Waals surface area contributed by atoms with Crippen LogP contribution in [-0.2, 0) is 4.79 Å². The first-order valence-corrected chi connectivity index (χ1v) is 8.82. The molecule has 3 aromatic rings. The zero-order valence-electron chi connectivity index (χ0n) is 15.9. The van der Waals surface area contributed by atoms with Gasteiger partial charge in [0.1, 0.15) is 5.82 Å². The van der Waals surface area contributed by atoms with E-state index in [2.05, 4.69) is 6.58 Å². The van der Waals surface area contributed by atoms with Crippen molar-refractivity contribution in [1.82, 2.24) is 4.57 Å². The number of aromatic nitrogens is 1. The van der Waals surface area contributed by atoms with Gasteiger partial charge in [0.05, 0.1) is 18.5 Å². The Hall–Kier alpha value is -3.48. The molecule has 0 spiro atoms. The van der Waals surface area contributed by atoms with Crippen LogP contribution in [0.15, 0.2) is 49.1 Å². The summed E-state index contributed by atoms with van der Waals surface area (Å²) in [6.07, 6.45) is 1.60. The van der Waals surface area contributed by atoms with E-state index in [-0.39, 0.29) is 23.3 Å². The average Bonchev–Trinajstić information content (AvgIpc) is 2.95. The van der Waals surface area contributed by atoms with E-state index in [1.807, 2.05) is 0 Å². The zero-order valence-corrected chi connectivity index (χ0v) is 15.9. The number of ether oxygens (including phenoxy) is 1. The SMILES string of the molecule is C=CCC(C(=O)O)c1c(C)n(C(=O)c2ccc(F)cc2)c2cc(F)c(OC)cc12. The number of carbonyl (C=O) groups is 2. The summed E-state index contributed by atoms with van der Waals surface area (Å²) in [5.41, 5.74) is 1.13. The maximum Gasteiger partial charge on any atom is 0.311 e. The highest BCUT2D eigenvalue weighted by Gasteiger charge is 2.29. The fourth-order valence-corrected chi connectivity index (χ4v) is 3.53. The van der Waals surface area contributed by atoms with Crippen molar-refractivity contribution < 1.29 is 28.2 Å². The number of nitrogens with zero attached hydrogens (tertiary/aromatic N) is 1. The first kappa shape index (κ1) is 20.3. The molecule has 0 fully saturated rings. The van der Waals surface area contributed by atoms with Crippen LogP contribution >= 0.6 is 0 Å². The van der Waals surface area contributed by atoms with Gasteiger partial charge in [-0.3, -0.25) is 14.2 Å². The van der Waals surface area contributed by atoms with Crippen molar-refractivity contribution >= 4 is 22.8 Å². The molecule has 0 saturated heterocycles. The topological polar surface area (TPSA) is 68.5 Å². The number of carboxylic acids is 1. The van der Waals surface area contributed by atoms with Crippen LogP contribution < -0.4 is 4.74 Å². The van der Waals surface area contributed by atoms with Crippen molar-refractivity contribution in [1.29, 1.82) is 0 Å². The van der Waals surface area contributed by atoms with E-state index in [4.69, 9.17) is 4.74 Å². The van der Waals surface area contributed by atoms with E-state index in [1.165, 1.54) is 36.0 Å². The molecule has 0 aliphatic heterocycles. The average molecular weight is 399 g/mol. The van der Waals surface area contributed by atoms with Gasteiger partial charge in [-0.2, -0.15) is 0 Å². The van der Waals surface area contributed by atoms with Gasteiger partial charge in [0, 0.05) is 22.7 Å². The molecule has 0 aliphatic carbocycles. The number of fused-ring (bicyclic) bond motifs is 1. The van der Waals surface area contributed by atoms with E-state index < -0.39 is 29.4 Å². The molecule has 0 radical (unpaired) electrons. The molecule has 1 unspecified atom stereocenters. The normalized spacial score (nSPS) is 12.0. The Kier molecular flexibility index (Phi) is 5.50. The van der Waals surface area contributed by atoms with E-state index in [0.29, 0.717) is 16.6 Å². The van der Waals surface area contributed by atoms with Gasteiger partial charge in [-0.25, -0.2) is 8.78 Å². The molecular weight excluding hydrogens is 380 g/mol. The van der Waals surface area contributed by atoms with Crippen LogP contribution in [0.4, 0.5) is 8.78 Å². The highest BCUT2D eigenvalue weighted by atomic mass is 19.1. The lowest BCUT2D eigenvalue weighted by Crippen LogP contribution is -2.16. The highest BCUT2D eigenvalue weighted by Crippen LogP contribution is 2.37. The number of methoxy groups -OCH3 is 1. The Morgan fingerprint density at radius 3 is 2.45 bits per heavy atom. The van der Waals surface area contributed by atoms with Crippen molar-refractivity contribution in [2.45, 2.75) is 19.3 Å². The third kappa shape index (κ3) is 3.51. The summed E-state index contributed by atoms with van der Waals surface area (Å²) in [4.78, 5) is 25.0. The van der Waals surface area contributed by atoms with Crippen molar-refractivity contribution in [2.75, 3.05) is 7.11 Å². The molecule has 1 atom stereocenters. The molecule has 0 saturated carbocycles. The molecule has 150 valence electrons. The molecular formula is C22H19F2NO4. The standard InChI is InChI=1S/C22H19F2NO4/c1-4-5-15(22(27)28)20-12(2)25(21(26)13-6-8-14(23)9-7-13)18-11-17(24)19(29-3)10-16(18)20/h4,6-11,15H,1,5H2,2-3H3,(H,27,28). The number of halogens is 2. The van der Waals surface area contributed by atoms with Crippen LogP contribution in [0.2, 0.25) is 0 Å². The number of allylic oxidation sites excluding steroid dienone is 1. The Morgan fingerprint density at radius 1 is 1.24 bits per heavy atom. The van der Waals surface area contributed by atoms with E-state index >= 15 is 0 Å². The molecule has 0 amide bonds. The summed E-state index contributed by atoms with van der Waals surface area (Å²) in [5, 5.41) is 10.1. The van der Waals surface area contributed by atoms with E-state index in [0.717, 1.165) is 18.2 Å². The maximum absolute atomic E-state index is 14.4. The van der Waals surface area contributed by atoms with E-state index in [9.17, 15) is 23.5 Å². The summed E-state index contributed by atoms with van der Waals surface area (Å²) in [6, 6.07) is 7.47. The molecule has 0 bridgehead atoms. The monoisotopic (exact) mass is 399 g/mol. The zero-order chi connectivity index (χ0) is 21.3. The van der Waals surface area contributed by atoms with Crippen molar-refractivity contribution in [2.24, 2.45) is 0 Å². The fourth-order valence-electron chi connectivity index (χ4n) is 3.53. The number of benzene rings is 2. The van der Waals surface area contributed by atoms with Crippen LogP contribution in [0.1, 0.15) is 34.0 Å². The molecule has 7 heteroatoms. The molecule has 0 aliphatic rings. The lowest BCUT2D eigenvalue weighted by atomic mass is 9.93. The summed E-state index contributed by atoms with van der Waals surface area (Å²) in [5.74, 6) is -3.84. The van der Waals surface area contributed by atoms with Crippen LogP contribution in [0.5, 0.6) is 5.75 Å². The quantitative estimate of drug-likeness (QED) is 0.612. The minimum atomic E-state index is -1.09. The van der Waals surface area contributed by atoms with Crippen molar-refractivity contribution in [3.8, 4) is 5.75 Å². The van der Waals surface area contributed by atoms with Crippen LogP contribution in [0, 0.1) is 18.6 Å². The Morgan fingerprint density at radius 2 is 1.90 bits per heavy atom. The van der Waals surface area contributed by atoms with Gasteiger partial charge in [0.15, 0.2) is 11.6 Å². The van der Waals surface area contributed by atoms with Crippen molar-refractivity contribution in [3.63, 3.8) is 0 Å². The third-order valence-corrected chi connectivity index (χ3v) is 4.87. The van der Waals surface area contributed by atoms with Gasteiger partial charge in [0.25, 0.3) is 5.91 Å². The van der Waals surface area contributed by atoms with Crippen molar-refractivity contribution in [3.05, 3.63) is 77.5 Å². The Bertz CT molecular complexity index is 1120. The number of hydrogen-bond donors (Lipinski definition) is 1.